The van der Waals surface area contributed by atoms with Gasteiger partial charge in [-0.1, -0.05) is 54.1 Å². The summed E-state index contributed by atoms with van der Waals surface area (Å²) in [6.07, 6.45) is 1.68. The van der Waals surface area contributed by atoms with Crippen molar-refractivity contribution in [2.24, 2.45) is 0 Å². The molecule has 0 fully saturated rings. The van der Waals surface area contributed by atoms with Crippen molar-refractivity contribution in [3.05, 3.63) is 83.5 Å². The van der Waals surface area contributed by atoms with Crippen molar-refractivity contribution < 1.29 is 8.42 Å². The van der Waals surface area contributed by atoms with Crippen LogP contribution in [0.1, 0.15) is 5.56 Å². The summed E-state index contributed by atoms with van der Waals surface area (Å²) in [4.78, 5) is 5.07. The highest BCUT2D eigenvalue weighted by molar-refractivity contribution is 7.93. The minimum atomic E-state index is -3.52. The molecule has 0 aliphatic rings. The van der Waals surface area contributed by atoms with Crippen molar-refractivity contribution in [3.8, 4) is 11.1 Å². The molecule has 0 bridgehead atoms. The molecule has 0 N–H and O–H groups in total. The Bertz CT molecular complexity index is 1170. The lowest BCUT2D eigenvalue weighted by Crippen LogP contribution is -2.04. The molecule has 130 valence electrons. The highest BCUT2D eigenvalue weighted by atomic mass is 35.5. The number of fused-ring (bicyclic) bond motifs is 1. The summed E-state index contributed by atoms with van der Waals surface area (Å²) in [5.74, 6) is -0.0404. The van der Waals surface area contributed by atoms with E-state index in [9.17, 15) is 8.42 Å². The Hall–Kier alpha value is -2.21. The van der Waals surface area contributed by atoms with Crippen LogP contribution in [-0.4, -0.2) is 13.4 Å². The Kier molecular flexibility index (Phi) is 4.53. The summed E-state index contributed by atoms with van der Waals surface area (Å²) >= 11 is 7.22. The molecular weight excluding hydrogens is 386 g/mol. The average Bonchev–Trinajstić information content (AvgIpc) is 3.03. The van der Waals surface area contributed by atoms with Gasteiger partial charge in [-0.3, -0.25) is 0 Å². The molecule has 0 amide bonds. The molecule has 2 heterocycles. The van der Waals surface area contributed by atoms with Crippen LogP contribution in [0.3, 0.4) is 0 Å². The molecular formula is C20H14ClNO2S2. The maximum atomic E-state index is 13.2. The van der Waals surface area contributed by atoms with Gasteiger partial charge in [-0.15, -0.1) is 11.3 Å². The van der Waals surface area contributed by atoms with Crippen LogP contribution in [0.15, 0.2) is 77.1 Å². The standard InChI is InChI=1S/C20H14ClNO2S2/c21-16-10-8-15(9-11-16)18-17-7-4-12-22-19(17)25-20(18)26(23,24)13-14-5-2-1-3-6-14/h1-12H,13H2. The van der Waals surface area contributed by atoms with Gasteiger partial charge in [-0.05, 0) is 35.4 Å². The number of pyridine rings is 1. The van der Waals surface area contributed by atoms with E-state index in [-0.39, 0.29) is 5.75 Å². The van der Waals surface area contributed by atoms with Gasteiger partial charge in [0.15, 0.2) is 9.84 Å². The zero-order valence-corrected chi connectivity index (χ0v) is 16.0. The van der Waals surface area contributed by atoms with Crippen LogP contribution < -0.4 is 0 Å². The van der Waals surface area contributed by atoms with E-state index in [0.29, 0.717) is 19.6 Å². The first kappa shape index (κ1) is 17.2. The van der Waals surface area contributed by atoms with E-state index in [1.807, 2.05) is 54.6 Å². The Morgan fingerprint density at radius 2 is 1.65 bits per heavy atom. The number of rotatable bonds is 4. The molecule has 0 saturated heterocycles. The van der Waals surface area contributed by atoms with Crippen molar-refractivity contribution in [2.45, 2.75) is 9.96 Å². The summed E-state index contributed by atoms with van der Waals surface area (Å²) in [5, 5.41) is 1.45. The molecule has 6 heteroatoms. The third kappa shape index (κ3) is 3.26. The highest BCUT2D eigenvalue weighted by Gasteiger charge is 2.25. The summed E-state index contributed by atoms with van der Waals surface area (Å²) in [6.45, 7) is 0. The van der Waals surface area contributed by atoms with Crippen LogP contribution in [0.5, 0.6) is 0 Å². The van der Waals surface area contributed by atoms with Crippen molar-refractivity contribution in [2.75, 3.05) is 0 Å². The molecule has 0 atom stereocenters. The summed E-state index contributed by atoms with van der Waals surface area (Å²) < 4.78 is 26.7. The molecule has 4 rings (SSSR count). The van der Waals surface area contributed by atoms with Crippen LogP contribution in [0.25, 0.3) is 21.3 Å². The number of thiophene rings is 1. The van der Waals surface area contributed by atoms with Gasteiger partial charge in [-0.25, -0.2) is 13.4 Å². The SMILES string of the molecule is O=S(=O)(Cc1ccccc1)c1sc2ncccc2c1-c1ccc(Cl)cc1. The lowest BCUT2D eigenvalue weighted by molar-refractivity contribution is 0.597. The van der Waals surface area contributed by atoms with Gasteiger partial charge < -0.3 is 0 Å². The number of hydrogen-bond donors (Lipinski definition) is 0. The molecule has 0 aliphatic carbocycles. The Labute approximate surface area is 160 Å². The van der Waals surface area contributed by atoms with E-state index in [1.54, 1.807) is 18.3 Å². The van der Waals surface area contributed by atoms with Gasteiger partial charge in [0.25, 0.3) is 0 Å². The van der Waals surface area contributed by atoms with Crippen molar-refractivity contribution in [3.63, 3.8) is 0 Å². The van der Waals surface area contributed by atoms with E-state index in [4.69, 9.17) is 11.6 Å². The second-order valence-corrected chi connectivity index (χ2v) is 9.49. The second kappa shape index (κ2) is 6.83. The van der Waals surface area contributed by atoms with Crippen molar-refractivity contribution >= 4 is 43.0 Å². The lowest BCUT2D eigenvalue weighted by atomic mass is 10.1. The molecule has 0 unspecified atom stereocenters. The Morgan fingerprint density at radius 3 is 2.38 bits per heavy atom. The Morgan fingerprint density at radius 1 is 0.923 bits per heavy atom. The molecule has 3 nitrogen and oxygen atoms in total. The maximum absolute atomic E-state index is 13.2. The third-order valence-electron chi connectivity index (χ3n) is 4.05. The minimum Gasteiger partial charge on any atom is -0.245 e. The predicted molar refractivity (Wildman–Crippen MR) is 107 cm³/mol. The number of aromatic nitrogens is 1. The average molecular weight is 400 g/mol. The van der Waals surface area contributed by atoms with Crippen LogP contribution >= 0.6 is 22.9 Å². The fraction of sp³-hybridized carbons (Fsp3) is 0.0500. The fourth-order valence-electron chi connectivity index (χ4n) is 2.88. The van der Waals surface area contributed by atoms with Crippen LogP contribution in [-0.2, 0) is 15.6 Å². The van der Waals surface area contributed by atoms with E-state index < -0.39 is 9.84 Å². The van der Waals surface area contributed by atoms with E-state index in [2.05, 4.69) is 4.98 Å². The van der Waals surface area contributed by atoms with E-state index in [1.165, 1.54) is 11.3 Å². The first-order valence-corrected chi connectivity index (χ1v) is 10.8. The molecule has 0 saturated carbocycles. The molecule has 4 aromatic rings. The van der Waals surface area contributed by atoms with Crippen LogP contribution in [0, 0.1) is 0 Å². The first-order chi connectivity index (χ1) is 12.5. The van der Waals surface area contributed by atoms with Gasteiger partial charge in [0.05, 0.1) is 5.75 Å². The number of nitrogens with zero attached hydrogens (tertiary/aromatic N) is 1. The summed E-state index contributed by atoms with van der Waals surface area (Å²) in [7, 11) is -3.52. The largest absolute Gasteiger partial charge is 0.245 e. The zero-order valence-electron chi connectivity index (χ0n) is 13.6. The lowest BCUT2D eigenvalue weighted by Gasteiger charge is -2.07. The van der Waals surface area contributed by atoms with E-state index >= 15 is 0 Å². The maximum Gasteiger partial charge on any atom is 0.192 e. The summed E-state index contributed by atoms with van der Waals surface area (Å²) in [6, 6.07) is 20.2. The monoisotopic (exact) mass is 399 g/mol. The van der Waals surface area contributed by atoms with Gasteiger partial charge in [0, 0.05) is 22.2 Å². The minimum absolute atomic E-state index is 0.0404. The molecule has 2 aromatic carbocycles. The number of hydrogen-bond acceptors (Lipinski definition) is 4. The number of benzene rings is 2. The first-order valence-electron chi connectivity index (χ1n) is 7.95. The third-order valence-corrected chi connectivity index (χ3v) is 7.70. The van der Waals surface area contributed by atoms with Gasteiger partial charge >= 0.3 is 0 Å². The molecule has 2 aromatic heterocycles. The Balaban J connectivity index is 1.92. The van der Waals surface area contributed by atoms with Gasteiger partial charge in [0.2, 0.25) is 0 Å². The molecule has 0 spiro atoms. The van der Waals surface area contributed by atoms with Crippen molar-refractivity contribution in [1.29, 1.82) is 0 Å². The molecule has 0 aliphatic heterocycles. The van der Waals surface area contributed by atoms with E-state index in [0.717, 1.165) is 16.5 Å². The topological polar surface area (TPSA) is 47.0 Å². The van der Waals surface area contributed by atoms with Crippen molar-refractivity contribution in [1.82, 2.24) is 4.98 Å². The normalized spacial score (nSPS) is 11.7. The highest BCUT2D eigenvalue weighted by Crippen LogP contribution is 2.41. The number of sulfone groups is 1. The van der Waals surface area contributed by atoms with Gasteiger partial charge in [0.1, 0.15) is 9.04 Å². The fourth-order valence-corrected chi connectivity index (χ4v) is 6.13. The van der Waals surface area contributed by atoms with Gasteiger partial charge in [-0.2, -0.15) is 0 Å². The molecule has 0 radical (unpaired) electrons. The summed E-state index contributed by atoms with van der Waals surface area (Å²) in [5.41, 5.74) is 2.28. The van der Waals surface area contributed by atoms with Crippen LogP contribution in [0.4, 0.5) is 0 Å². The quantitative estimate of drug-likeness (QED) is 0.449. The zero-order chi connectivity index (χ0) is 18.1. The molecule has 26 heavy (non-hydrogen) atoms. The number of halogens is 1. The van der Waals surface area contributed by atoms with Crippen LogP contribution in [0.2, 0.25) is 5.02 Å². The second-order valence-electron chi connectivity index (χ2n) is 5.87. The smallest absolute Gasteiger partial charge is 0.192 e. The predicted octanol–water partition coefficient (Wildman–Crippen LogP) is 5.59.